The van der Waals surface area contributed by atoms with Crippen LogP contribution in [0.2, 0.25) is 0 Å². The summed E-state index contributed by atoms with van der Waals surface area (Å²) in [5, 5.41) is 0.847. The first kappa shape index (κ1) is 18.0. The molecule has 3 rings (SSSR count). The molecule has 1 fully saturated rings. The summed E-state index contributed by atoms with van der Waals surface area (Å²) in [5.74, 6) is 0.635. The van der Waals surface area contributed by atoms with Crippen molar-refractivity contribution >= 4 is 17.2 Å². The highest BCUT2D eigenvalue weighted by Crippen LogP contribution is 2.33. The molecular formula is C19H25N3O2S. The molecule has 0 aliphatic carbocycles. The smallest absolute Gasteiger partial charge is 0.265 e. The van der Waals surface area contributed by atoms with Gasteiger partial charge in [-0.2, -0.15) is 0 Å². The van der Waals surface area contributed by atoms with Gasteiger partial charge in [0.15, 0.2) is 0 Å². The van der Waals surface area contributed by atoms with E-state index < -0.39 is 0 Å². The van der Waals surface area contributed by atoms with E-state index in [1.165, 1.54) is 16.9 Å². The number of rotatable bonds is 6. The Kier molecular flexibility index (Phi) is 5.83. The Morgan fingerprint density at radius 2 is 2.16 bits per heavy atom. The minimum absolute atomic E-state index is 0.0457. The molecule has 0 bridgehead atoms. The zero-order valence-corrected chi connectivity index (χ0v) is 15.5. The van der Waals surface area contributed by atoms with Gasteiger partial charge in [0, 0.05) is 25.6 Å². The van der Waals surface area contributed by atoms with Gasteiger partial charge in [0.1, 0.15) is 16.0 Å². The molecule has 1 amide bonds. The molecule has 0 spiro atoms. The van der Waals surface area contributed by atoms with Gasteiger partial charge >= 0.3 is 0 Å². The van der Waals surface area contributed by atoms with Crippen LogP contribution < -0.4 is 5.73 Å². The lowest BCUT2D eigenvalue weighted by Crippen LogP contribution is -2.29. The maximum atomic E-state index is 12.9. The average molecular weight is 359 g/mol. The largest absolute Gasteiger partial charge is 0.372 e. The number of thiazole rings is 1. The first-order chi connectivity index (χ1) is 12.1. The molecule has 2 aromatic rings. The number of nitrogens with two attached hydrogens (primary N) is 1. The number of carbonyl (C=O) groups is 1. The van der Waals surface area contributed by atoms with Gasteiger partial charge in [0.25, 0.3) is 5.91 Å². The molecular weight excluding hydrogens is 334 g/mol. The molecule has 1 aliphatic rings. The van der Waals surface area contributed by atoms with Gasteiger partial charge in [-0.1, -0.05) is 30.3 Å². The van der Waals surface area contributed by atoms with Crippen molar-refractivity contribution in [3.8, 4) is 0 Å². The highest BCUT2D eigenvalue weighted by Gasteiger charge is 2.36. The number of benzene rings is 1. The van der Waals surface area contributed by atoms with E-state index in [0.717, 1.165) is 5.01 Å². The number of carbonyl (C=O) groups excluding carboxylic acids is 1. The Bertz CT molecular complexity index is 704. The van der Waals surface area contributed by atoms with E-state index in [4.69, 9.17) is 10.5 Å². The van der Waals surface area contributed by atoms with Crippen LogP contribution in [0.5, 0.6) is 0 Å². The molecule has 1 aliphatic heterocycles. The third-order valence-corrected chi connectivity index (χ3v) is 5.90. The highest BCUT2D eigenvalue weighted by atomic mass is 32.1. The Morgan fingerprint density at radius 1 is 1.40 bits per heavy atom. The second-order valence-electron chi connectivity index (χ2n) is 6.38. The molecule has 1 aromatic heterocycles. The van der Waals surface area contributed by atoms with Crippen LogP contribution in [-0.2, 0) is 4.74 Å². The maximum Gasteiger partial charge on any atom is 0.265 e. The maximum absolute atomic E-state index is 12.9. The van der Waals surface area contributed by atoms with Crippen LogP contribution in [-0.4, -0.2) is 42.0 Å². The van der Waals surface area contributed by atoms with Crippen molar-refractivity contribution < 1.29 is 9.53 Å². The van der Waals surface area contributed by atoms with Crippen LogP contribution in [0.3, 0.4) is 0 Å². The van der Waals surface area contributed by atoms with E-state index in [9.17, 15) is 4.79 Å². The van der Waals surface area contributed by atoms with E-state index in [1.54, 1.807) is 6.20 Å². The van der Waals surface area contributed by atoms with Gasteiger partial charge < -0.3 is 15.4 Å². The molecule has 1 aromatic carbocycles. The van der Waals surface area contributed by atoms with Gasteiger partial charge in [-0.05, 0) is 31.9 Å². The third-order valence-electron chi connectivity index (χ3n) is 4.76. The Labute approximate surface area is 152 Å². The molecule has 0 radical (unpaired) electrons. The van der Waals surface area contributed by atoms with Crippen molar-refractivity contribution in [2.24, 2.45) is 11.7 Å². The Morgan fingerprint density at radius 3 is 2.84 bits per heavy atom. The van der Waals surface area contributed by atoms with Crippen LogP contribution in [0, 0.1) is 5.92 Å². The summed E-state index contributed by atoms with van der Waals surface area (Å²) in [5.41, 5.74) is 7.23. The van der Waals surface area contributed by atoms with Crippen molar-refractivity contribution in [1.29, 1.82) is 0 Å². The van der Waals surface area contributed by atoms with Gasteiger partial charge in [-0.25, -0.2) is 4.98 Å². The van der Waals surface area contributed by atoms with Gasteiger partial charge in [0.05, 0.1) is 6.20 Å². The number of ether oxygens (including phenoxy) is 1. The van der Waals surface area contributed by atoms with E-state index in [2.05, 4.69) is 17.1 Å². The summed E-state index contributed by atoms with van der Waals surface area (Å²) in [6, 6.07) is 10.3. The lowest BCUT2D eigenvalue weighted by atomic mass is 9.89. The van der Waals surface area contributed by atoms with E-state index in [0.29, 0.717) is 43.0 Å². The van der Waals surface area contributed by atoms with Crippen molar-refractivity contribution in [2.45, 2.75) is 25.9 Å². The zero-order valence-electron chi connectivity index (χ0n) is 14.7. The first-order valence-corrected chi connectivity index (χ1v) is 9.57. The predicted molar refractivity (Wildman–Crippen MR) is 99.8 cm³/mol. The van der Waals surface area contributed by atoms with Crippen LogP contribution >= 0.6 is 11.3 Å². The summed E-state index contributed by atoms with van der Waals surface area (Å²) in [7, 11) is 0. The molecule has 0 saturated carbocycles. The van der Waals surface area contributed by atoms with E-state index in [-0.39, 0.29) is 12.0 Å². The topological polar surface area (TPSA) is 68.5 Å². The molecule has 2 N–H and O–H groups in total. The van der Waals surface area contributed by atoms with Crippen molar-refractivity contribution in [3.63, 3.8) is 0 Å². The zero-order chi connectivity index (χ0) is 17.8. The van der Waals surface area contributed by atoms with Crippen molar-refractivity contribution in [3.05, 3.63) is 52.0 Å². The molecule has 3 atom stereocenters. The number of amides is 1. The number of hydrogen-bond donors (Lipinski definition) is 1. The fraction of sp³-hybridized carbons (Fsp3) is 0.474. The quantitative estimate of drug-likeness (QED) is 0.861. The summed E-state index contributed by atoms with van der Waals surface area (Å²) in [6.45, 7) is 6.53. The molecule has 1 saturated heterocycles. The summed E-state index contributed by atoms with van der Waals surface area (Å²) in [4.78, 5) is 19.8. The van der Waals surface area contributed by atoms with Gasteiger partial charge in [-0.3, -0.25) is 4.79 Å². The normalized spacial score (nSPS) is 21.5. The average Bonchev–Trinajstić information content (AvgIpc) is 3.29. The number of aromatic nitrogens is 1. The standard InChI is InChI=1S/C19H25N3O2S/c1-3-24-13(2)18-21-10-17(25-18)19(23)22-11-15(9-20)16(12-22)14-7-5-4-6-8-14/h4-8,10,13,15-16H,3,9,11-12,20H2,1-2H3/t13?,15-,16+/m1/s1. The van der Waals surface area contributed by atoms with Crippen LogP contribution in [0.4, 0.5) is 0 Å². The Hall–Kier alpha value is -1.76. The molecule has 2 heterocycles. The summed E-state index contributed by atoms with van der Waals surface area (Å²) in [6.07, 6.45) is 1.59. The molecule has 6 heteroatoms. The molecule has 134 valence electrons. The second kappa shape index (κ2) is 8.08. The van der Waals surface area contributed by atoms with Crippen LogP contribution in [0.1, 0.15) is 46.1 Å². The Balaban J connectivity index is 1.73. The van der Waals surface area contributed by atoms with Gasteiger partial charge in [0.2, 0.25) is 0 Å². The summed E-state index contributed by atoms with van der Waals surface area (Å²) < 4.78 is 5.56. The SMILES string of the molecule is CCOC(C)c1ncc(C(=O)N2C[C@@H](CN)[C@H](c3ccccc3)C2)s1. The lowest BCUT2D eigenvalue weighted by molar-refractivity contribution is 0.0762. The summed E-state index contributed by atoms with van der Waals surface area (Å²) >= 11 is 1.42. The second-order valence-corrected chi connectivity index (χ2v) is 7.45. The fourth-order valence-corrected chi connectivity index (χ4v) is 4.29. The number of likely N-dealkylation sites (tertiary alicyclic amines) is 1. The van der Waals surface area contributed by atoms with Crippen LogP contribution in [0.25, 0.3) is 0 Å². The third kappa shape index (κ3) is 3.92. The monoisotopic (exact) mass is 359 g/mol. The fourth-order valence-electron chi connectivity index (χ4n) is 3.41. The van der Waals surface area contributed by atoms with Gasteiger partial charge in [-0.15, -0.1) is 11.3 Å². The predicted octanol–water partition coefficient (Wildman–Crippen LogP) is 3.06. The molecule has 1 unspecified atom stereocenters. The minimum atomic E-state index is -0.0796. The number of hydrogen-bond acceptors (Lipinski definition) is 5. The number of nitrogens with zero attached hydrogens (tertiary/aromatic N) is 2. The lowest BCUT2D eigenvalue weighted by Gasteiger charge is -2.16. The van der Waals surface area contributed by atoms with E-state index >= 15 is 0 Å². The van der Waals surface area contributed by atoms with Crippen molar-refractivity contribution in [1.82, 2.24) is 9.88 Å². The first-order valence-electron chi connectivity index (χ1n) is 8.75. The highest BCUT2D eigenvalue weighted by molar-refractivity contribution is 7.13. The molecule has 25 heavy (non-hydrogen) atoms. The van der Waals surface area contributed by atoms with Crippen LogP contribution in [0.15, 0.2) is 36.5 Å². The molecule has 5 nitrogen and oxygen atoms in total. The van der Waals surface area contributed by atoms with E-state index in [1.807, 2.05) is 36.9 Å². The van der Waals surface area contributed by atoms with Crippen molar-refractivity contribution in [2.75, 3.05) is 26.2 Å². The minimum Gasteiger partial charge on any atom is -0.372 e.